The summed E-state index contributed by atoms with van der Waals surface area (Å²) in [5.41, 5.74) is 1.28. The Morgan fingerprint density at radius 3 is 1.58 bits per heavy atom. The number of benzene rings is 1. The van der Waals surface area contributed by atoms with E-state index in [1.54, 1.807) is 0 Å². The first-order valence-corrected chi connectivity index (χ1v) is 13.6. The van der Waals surface area contributed by atoms with Crippen LogP contribution in [-0.2, 0) is 25.5 Å². The van der Waals surface area contributed by atoms with Gasteiger partial charge in [-0.2, -0.15) is 0 Å². The van der Waals surface area contributed by atoms with E-state index in [-0.39, 0.29) is 11.9 Å². The number of ether oxygens (including phenoxy) is 2. The molecule has 1 aromatic rings. The van der Waals surface area contributed by atoms with E-state index < -0.39 is 0 Å². The van der Waals surface area contributed by atoms with E-state index in [2.05, 4.69) is 19.1 Å². The number of hydrogen-bond acceptors (Lipinski definition) is 4. The van der Waals surface area contributed by atoms with Crippen LogP contribution in [0.2, 0.25) is 0 Å². The second kappa shape index (κ2) is 22.0. The molecule has 188 valence electrons. The van der Waals surface area contributed by atoms with Crippen LogP contribution in [0.4, 0.5) is 0 Å². The SMILES string of the molecule is CCCCCCCCCCOC(=O)CCCCCCCCC(=O)OCCCc1ccccc1. The zero-order valence-corrected chi connectivity index (χ0v) is 21.2. The van der Waals surface area contributed by atoms with Crippen LogP contribution in [0.5, 0.6) is 0 Å². The van der Waals surface area contributed by atoms with Crippen molar-refractivity contribution in [3.05, 3.63) is 35.9 Å². The highest BCUT2D eigenvalue weighted by Gasteiger charge is 2.04. The normalized spacial score (nSPS) is 10.8. The molecule has 0 aliphatic rings. The van der Waals surface area contributed by atoms with Gasteiger partial charge in [0.1, 0.15) is 0 Å². The van der Waals surface area contributed by atoms with Crippen molar-refractivity contribution < 1.29 is 19.1 Å². The van der Waals surface area contributed by atoms with Crippen LogP contribution in [0.25, 0.3) is 0 Å². The molecule has 4 nitrogen and oxygen atoms in total. The third-order valence-electron chi connectivity index (χ3n) is 5.99. The number of unbranched alkanes of at least 4 members (excludes halogenated alkanes) is 12. The molecule has 0 fully saturated rings. The number of esters is 2. The van der Waals surface area contributed by atoms with Gasteiger partial charge in [0, 0.05) is 12.8 Å². The maximum atomic E-state index is 11.8. The van der Waals surface area contributed by atoms with Gasteiger partial charge in [0.2, 0.25) is 0 Å². The summed E-state index contributed by atoms with van der Waals surface area (Å²) in [6.07, 6.45) is 19.0. The Bertz CT molecular complexity index is 585. The highest BCUT2D eigenvalue weighted by Crippen LogP contribution is 2.11. The molecule has 0 amide bonds. The molecule has 0 aromatic heterocycles. The fraction of sp³-hybridized carbons (Fsp3) is 0.724. The maximum Gasteiger partial charge on any atom is 0.305 e. The molecule has 33 heavy (non-hydrogen) atoms. The first-order chi connectivity index (χ1) is 16.2. The largest absolute Gasteiger partial charge is 0.466 e. The molecule has 0 aliphatic heterocycles. The van der Waals surface area contributed by atoms with Crippen LogP contribution in [0, 0.1) is 0 Å². The monoisotopic (exact) mass is 460 g/mol. The van der Waals surface area contributed by atoms with Crippen LogP contribution in [0.1, 0.15) is 122 Å². The predicted molar refractivity (Wildman–Crippen MR) is 136 cm³/mol. The summed E-state index contributed by atoms with van der Waals surface area (Å²) in [6, 6.07) is 10.3. The molecule has 0 N–H and O–H groups in total. The molecule has 0 heterocycles. The Hall–Kier alpha value is -1.84. The summed E-state index contributed by atoms with van der Waals surface area (Å²) in [7, 11) is 0. The molecule has 0 aliphatic carbocycles. The highest BCUT2D eigenvalue weighted by molar-refractivity contribution is 5.69. The lowest BCUT2D eigenvalue weighted by atomic mass is 10.1. The van der Waals surface area contributed by atoms with Crippen molar-refractivity contribution >= 4 is 11.9 Å². The summed E-state index contributed by atoms with van der Waals surface area (Å²) in [5, 5.41) is 0. The van der Waals surface area contributed by atoms with Crippen LogP contribution in [0.15, 0.2) is 30.3 Å². The minimum absolute atomic E-state index is 0.0482. The molecule has 1 rings (SSSR count). The number of rotatable bonds is 22. The van der Waals surface area contributed by atoms with Crippen molar-refractivity contribution in [1.82, 2.24) is 0 Å². The lowest BCUT2D eigenvalue weighted by molar-refractivity contribution is -0.144. The lowest BCUT2D eigenvalue weighted by Crippen LogP contribution is -2.06. The van der Waals surface area contributed by atoms with Gasteiger partial charge in [-0.25, -0.2) is 0 Å². The first kappa shape index (κ1) is 29.2. The summed E-state index contributed by atoms with van der Waals surface area (Å²) in [4.78, 5) is 23.6. The summed E-state index contributed by atoms with van der Waals surface area (Å²) in [5.74, 6) is -0.129. The molecule has 0 saturated heterocycles. The topological polar surface area (TPSA) is 52.6 Å². The minimum atomic E-state index is -0.0812. The van der Waals surface area contributed by atoms with E-state index >= 15 is 0 Å². The van der Waals surface area contributed by atoms with E-state index in [1.165, 1.54) is 50.5 Å². The van der Waals surface area contributed by atoms with E-state index in [1.807, 2.05) is 18.2 Å². The molecule has 4 heteroatoms. The highest BCUT2D eigenvalue weighted by atomic mass is 16.5. The van der Waals surface area contributed by atoms with Gasteiger partial charge in [0.25, 0.3) is 0 Å². The Balaban J connectivity index is 1.79. The second-order valence-corrected chi connectivity index (χ2v) is 9.13. The van der Waals surface area contributed by atoms with Crippen LogP contribution < -0.4 is 0 Å². The van der Waals surface area contributed by atoms with Crippen molar-refractivity contribution in [2.75, 3.05) is 13.2 Å². The molecule has 0 saturated carbocycles. The molecule has 0 bridgehead atoms. The Morgan fingerprint density at radius 2 is 1.03 bits per heavy atom. The Kier molecular flexibility index (Phi) is 19.4. The van der Waals surface area contributed by atoms with Crippen LogP contribution >= 0.6 is 0 Å². The number of aryl methyl sites for hydroxylation is 1. The molecular formula is C29H48O4. The second-order valence-electron chi connectivity index (χ2n) is 9.13. The van der Waals surface area contributed by atoms with Gasteiger partial charge in [-0.15, -0.1) is 0 Å². The maximum absolute atomic E-state index is 11.8. The standard InChI is InChI=1S/C29H48O4/c1-2-3-4-5-6-9-12-18-25-32-28(30)23-16-10-7-8-11-17-24-29(31)33-26-19-22-27-20-14-13-15-21-27/h13-15,20-21H,2-12,16-19,22-26H2,1H3. The number of carbonyl (C=O) groups is 2. The molecular weight excluding hydrogens is 412 g/mol. The summed E-state index contributed by atoms with van der Waals surface area (Å²) < 4.78 is 10.7. The van der Waals surface area contributed by atoms with Crippen molar-refractivity contribution in [3.8, 4) is 0 Å². The van der Waals surface area contributed by atoms with Gasteiger partial charge in [-0.3, -0.25) is 9.59 Å². The first-order valence-electron chi connectivity index (χ1n) is 13.6. The summed E-state index contributed by atoms with van der Waals surface area (Å²) in [6.45, 7) is 3.32. The average molecular weight is 461 g/mol. The van der Waals surface area contributed by atoms with E-state index in [0.29, 0.717) is 26.1 Å². The number of carbonyl (C=O) groups excluding carboxylic acids is 2. The third kappa shape index (κ3) is 19.3. The number of hydrogen-bond donors (Lipinski definition) is 0. The minimum Gasteiger partial charge on any atom is -0.466 e. The van der Waals surface area contributed by atoms with Crippen molar-refractivity contribution in [3.63, 3.8) is 0 Å². The van der Waals surface area contributed by atoms with Gasteiger partial charge in [0.15, 0.2) is 0 Å². The van der Waals surface area contributed by atoms with Crippen LogP contribution in [-0.4, -0.2) is 25.2 Å². The lowest BCUT2D eigenvalue weighted by Gasteiger charge is -2.06. The van der Waals surface area contributed by atoms with Crippen molar-refractivity contribution in [1.29, 1.82) is 0 Å². The van der Waals surface area contributed by atoms with Gasteiger partial charge >= 0.3 is 11.9 Å². The smallest absolute Gasteiger partial charge is 0.305 e. The van der Waals surface area contributed by atoms with E-state index in [9.17, 15) is 9.59 Å². The van der Waals surface area contributed by atoms with Crippen molar-refractivity contribution in [2.24, 2.45) is 0 Å². The Morgan fingerprint density at radius 1 is 0.576 bits per heavy atom. The molecule has 0 unspecified atom stereocenters. The van der Waals surface area contributed by atoms with Gasteiger partial charge in [-0.1, -0.05) is 108 Å². The fourth-order valence-corrected chi connectivity index (χ4v) is 3.92. The zero-order chi connectivity index (χ0) is 23.8. The quantitative estimate of drug-likeness (QED) is 0.130. The average Bonchev–Trinajstić information content (AvgIpc) is 2.83. The van der Waals surface area contributed by atoms with Gasteiger partial charge < -0.3 is 9.47 Å². The van der Waals surface area contributed by atoms with Gasteiger partial charge in [-0.05, 0) is 37.7 Å². The molecule has 1 aromatic carbocycles. The van der Waals surface area contributed by atoms with Crippen LogP contribution in [0.3, 0.4) is 0 Å². The van der Waals surface area contributed by atoms with Gasteiger partial charge in [0.05, 0.1) is 13.2 Å². The van der Waals surface area contributed by atoms with E-state index in [4.69, 9.17) is 9.47 Å². The summed E-state index contributed by atoms with van der Waals surface area (Å²) >= 11 is 0. The molecule has 0 spiro atoms. The molecule has 0 atom stereocenters. The molecule has 0 radical (unpaired) electrons. The fourth-order valence-electron chi connectivity index (χ4n) is 3.92. The van der Waals surface area contributed by atoms with E-state index in [0.717, 1.165) is 57.8 Å². The Labute approximate surface area is 202 Å². The third-order valence-corrected chi connectivity index (χ3v) is 5.99. The predicted octanol–water partition coefficient (Wildman–Crippen LogP) is 7.97. The zero-order valence-electron chi connectivity index (χ0n) is 21.2. The van der Waals surface area contributed by atoms with Crippen molar-refractivity contribution in [2.45, 2.75) is 122 Å².